The van der Waals surface area contributed by atoms with Gasteiger partial charge in [-0.3, -0.25) is 0 Å². The van der Waals surface area contributed by atoms with Crippen molar-refractivity contribution >= 4 is 32.5 Å². The van der Waals surface area contributed by atoms with E-state index in [1.165, 1.54) is 19.1 Å². The molecule has 0 radical (unpaired) electrons. The van der Waals surface area contributed by atoms with Crippen LogP contribution in [0.5, 0.6) is 0 Å². The molecule has 0 fully saturated rings. The van der Waals surface area contributed by atoms with Crippen LogP contribution in [0.2, 0.25) is 5.15 Å². The number of halogens is 1. The van der Waals surface area contributed by atoms with E-state index in [0.29, 0.717) is 16.1 Å². The van der Waals surface area contributed by atoms with Gasteiger partial charge in [0.05, 0.1) is 16.5 Å². The van der Waals surface area contributed by atoms with E-state index in [2.05, 4.69) is 9.71 Å². The Hall–Kier alpha value is -1.21. The number of aliphatic hydroxyl groups is 1. The van der Waals surface area contributed by atoms with E-state index in [9.17, 15) is 8.42 Å². The fraction of sp³-hybridized carbons (Fsp3) is 0.250. The summed E-state index contributed by atoms with van der Waals surface area (Å²) in [6.07, 6.45) is -0.740. The first-order valence-corrected chi connectivity index (χ1v) is 7.48. The number of nitrogens with zero attached hydrogens (tertiary/aromatic N) is 1. The minimum absolute atomic E-state index is 0.0285. The second-order valence-electron chi connectivity index (χ2n) is 4.19. The van der Waals surface area contributed by atoms with E-state index in [1.54, 1.807) is 18.2 Å². The van der Waals surface area contributed by atoms with E-state index in [4.69, 9.17) is 16.7 Å². The summed E-state index contributed by atoms with van der Waals surface area (Å²) in [5.74, 6) is 0. The average molecular weight is 301 g/mol. The summed E-state index contributed by atoms with van der Waals surface area (Å²) in [5.41, 5.74) is 0.627. The molecule has 0 bridgehead atoms. The van der Waals surface area contributed by atoms with Crippen LogP contribution in [0, 0.1) is 0 Å². The second kappa shape index (κ2) is 5.42. The third-order valence-electron chi connectivity index (χ3n) is 2.51. The number of nitrogens with one attached hydrogen (secondary N) is 1. The highest BCUT2D eigenvalue weighted by molar-refractivity contribution is 7.89. The summed E-state index contributed by atoms with van der Waals surface area (Å²) in [4.78, 5) is 4.21. The zero-order valence-corrected chi connectivity index (χ0v) is 11.7. The van der Waals surface area contributed by atoms with Crippen LogP contribution >= 0.6 is 11.6 Å². The summed E-state index contributed by atoms with van der Waals surface area (Å²) in [7, 11) is -3.63. The molecule has 5 nitrogen and oxygen atoms in total. The van der Waals surface area contributed by atoms with Crippen molar-refractivity contribution in [3.05, 3.63) is 35.5 Å². The summed E-state index contributed by atoms with van der Waals surface area (Å²) in [5, 5.41) is 10.2. The molecule has 19 heavy (non-hydrogen) atoms. The van der Waals surface area contributed by atoms with E-state index >= 15 is 0 Å². The molecule has 0 amide bonds. The zero-order chi connectivity index (χ0) is 14.0. The van der Waals surface area contributed by atoms with Crippen LogP contribution in [0.1, 0.15) is 6.92 Å². The van der Waals surface area contributed by atoms with E-state index in [0.717, 1.165) is 0 Å². The van der Waals surface area contributed by atoms with Gasteiger partial charge in [0.1, 0.15) is 5.15 Å². The van der Waals surface area contributed by atoms with Gasteiger partial charge in [-0.25, -0.2) is 18.1 Å². The molecule has 1 unspecified atom stereocenters. The molecule has 2 rings (SSSR count). The first-order chi connectivity index (χ1) is 8.88. The lowest BCUT2D eigenvalue weighted by atomic mass is 10.2. The van der Waals surface area contributed by atoms with Crippen LogP contribution in [-0.2, 0) is 10.0 Å². The largest absolute Gasteiger partial charge is 0.392 e. The SMILES string of the molecule is CC(O)CNS(=O)(=O)c1ccc2nc(Cl)ccc2c1. The summed E-state index contributed by atoms with van der Waals surface area (Å²) < 4.78 is 26.3. The first kappa shape index (κ1) is 14.2. The topological polar surface area (TPSA) is 79.3 Å². The minimum Gasteiger partial charge on any atom is -0.392 e. The van der Waals surface area contributed by atoms with E-state index in [1.807, 2.05) is 0 Å². The molecule has 2 N–H and O–H groups in total. The molecular formula is C12H13ClN2O3S. The summed E-state index contributed by atoms with van der Waals surface area (Å²) >= 11 is 5.76. The van der Waals surface area contributed by atoms with Gasteiger partial charge < -0.3 is 5.11 Å². The average Bonchev–Trinajstić information content (AvgIpc) is 2.36. The maximum atomic E-state index is 12.0. The van der Waals surface area contributed by atoms with Crippen LogP contribution in [0.3, 0.4) is 0 Å². The maximum absolute atomic E-state index is 12.0. The van der Waals surface area contributed by atoms with Gasteiger partial charge in [-0.05, 0) is 37.3 Å². The lowest BCUT2D eigenvalue weighted by Gasteiger charge is -2.09. The summed E-state index contributed by atoms with van der Waals surface area (Å²) in [6.45, 7) is 1.48. The van der Waals surface area contributed by atoms with Gasteiger partial charge in [0, 0.05) is 11.9 Å². The first-order valence-electron chi connectivity index (χ1n) is 5.62. The zero-order valence-electron chi connectivity index (χ0n) is 10.2. The number of pyridine rings is 1. The minimum atomic E-state index is -3.63. The molecule has 0 aliphatic rings. The highest BCUT2D eigenvalue weighted by Gasteiger charge is 2.15. The maximum Gasteiger partial charge on any atom is 0.240 e. The Bertz CT molecular complexity index is 701. The lowest BCUT2D eigenvalue weighted by Crippen LogP contribution is -2.30. The van der Waals surface area contributed by atoms with Gasteiger partial charge in [-0.1, -0.05) is 11.6 Å². The fourth-order valence-corrected chi connectivity index (χ4v) is 2.87. The number of aliphatic hydroxyl groups excluding tert-OH is 1. The van der Waals surface area contributed by atoms with Crippen molar-refractivity contribution in [2.45, 2.75) is 17.9 Å². The van der Waals surface area contributed by atoms with Gasteiger partial charge in [0.15, 0.2) is 0 Å². The number of sulfonamides is 1. The predicted molar refractivity (Wildman–Crippen MR) is 73.6 cm³/mol. The predicted octanol–water partition coefficient (Wildman–Crippen LogP) is 1.55. The number of hydrogen-bond acceptors (Lipinski definition) is 4. The van der Waals surface area contributed by atoms with Crippen molar-refractivity contribution in [3.8, 4) is 0 Å². The molecule has 0 aliphatic carbocycles. The molecule has 1 aromatic carbocycles. The fourth-order valence-electron chi connectivity index (χ4n) is 1.56. The van der Waals surface area contributed by atoms with Crippen molar-refractivity contribution in [1.82, 2.24) is 9.71 Å². The summed E-state index contributed by atoms with van der Waals surface area (Å²) in [6, 6.07) is 7.87. The highest BCUT2D eigenvalue weighted by Crippen LogP contribution is 2.19. The van der Waals surface area contributed by atoms with Crippen molar-refractivity contribution in [2.75, 3.05) is 6.54 Å². The number of rotatable bonds is 4. The van der Waals surface area contributed by atoms with Gasteiger partial charge in [-0.2, -0.15) is 0 Å². The van der Waals surface area contributed by atoms with Crippen LogP contribution in [0.25, 0.3) is 10.9 Å². The third kappa shape index (κ3) is 3.42. The van der Waals surface area contributed by atoms with Gasteiger partial charge >= 0.3 is 0 Å². The Labute approximate surface area is 116 Å². The molecule has 0 saturated heterocycles. The van der Waals surface area contributed by atoms with E-state index < -0.39 is 16.1 Å². The highest BCUT2D eigenvalue weighted by atomic mass is 35.5. The van der Waals surface area contributed by atoms with Crippen molar-refractivity contribution in [2.24, 2.45) is 0 Å². The smallest absolute Gasteiger partial charge is 0.240 e. The van der Waals surface area contributed by atoms with Crippen molar-refractivity contribution in [3.63, 3.8) is 0 Å². The molecule has 0 spiro atoms. The number of aromatic nitrogens is 1. The number of fused-ring (bicyclic) bond motifs is 1. The Morgan fingerprint density at radius 2 is 2.11 bits per heavy atom. The molecule has 2 aromatic rings. The molecule has 0 saturated carbocycles. The molecule has 0 aliphatic heterocycles. The lowest BCUT2D eigenvalue weighted by molar-refractivity contribution is 0.198. The van der Waals surface area contributed by atoms with Crippen LogP contribution in [-0.4, -0.2) is 31.2 Å². The monoisotopic (exact) mass is 300 g/mol. The number of benzene rings is 1. The Morgan fingerprint density at radius 1 is 1.37 bits per heavy atom. The van der Waals surface area contributed by atoms with Crippen LogP contribution < -0.4 is 4.72 Å². The molecule has 102 valence electrons. The van der Waals surface area contributed by atoms with Gasteiger partial charge in [0.25, 0.3) is 0 Å². The van der Waals surface area contributed by atoms with Crippen LogP contribution in [0.4, 0.5) is 0 Å². The molecular weight excluding hydrogens is 288 g/mol. The van der Waals surface area contributed by atoms with Crippen molar-refractivity contribution in [1.29, 1.82) is 0 Å². The quantitative estimate of drug-likeness (QED) is 0.840. The third-order valence-corrected chi connectivity index (χ3v) is 4.14. The second-order valence-corrected chi connectivity index (χ2v) is 6.34. The van der Waals surface area contributed by atoms with Crippen LogP contribution in [0.15, 0.2) is 35.2 Å². The Morgan fingerprint density at radius 3 is 2.79 bits per heavy atom. The number of hydrogen-bond donors (Lipinski definition) is 2. The molecule has 1 aromatic heterocycles. The Kier molecular flexibility index (Phi) is 4.05. The molecule has 1 atom stereocenters. The Balaban J connectivity index is 2.38. The van der Waals surface area contributed by atoms with Gasteiger partial charge in [-0.15, -0.1) is 0 Å². The molecule has 1 heterocycles. The van der Waals surface area contributed by atoms with Crippen molar-refractivity contribution < 1.29 is 13.5 Å². The molecule has 7 heteroatoms. The van der Waals surface area contributed by atoms with Gasteiger partial charge in [0.2, 0.25) is 10.0 Å². The normalized spacial score (nSPS) is 13.6. The van der Waals surface area contributed by atoms with E-state index in [-0.39, 0.29) is 11.4 Å². The standard InChI is InChI=1S/C12H13ClN2O3S/c1-8(16)7-14-19(17,18)10-3-4-11-9(6-10)2-5-12(13)15-11/h2-6,8,14,16H,7H2,1H3.